The Balaban J connectivity index is 0.00000240. The second-order valence-electron chi connectivity index (χ2n) is 7.03. The molecule has 2 aromatic carbocycles. The minimum Gasteiger partial charge on any atom is -0.496 e. The predicted octanol–water partition coefficient (Wildman–Crippen LogP) is 5.35. The lowest BCUT2D eigenvalue weighted by Crippen LogP contribution is -2.08. The molecule has 4 aromatic rings. The molecule has 1 atom stereocenters. The molecule has 0 unspecified atom stereocenters. The van der Waals surface area contributed by atoms with Gasteiger partial charge in [-0.25, -0.2) is 0 Å². The Morgan fingerprint density at radius 1 is 1.24 bits per heavy atom. The normalized spacial score (nSPS) is 12.2. The number of aromatic nitrogens is 1. The fourth-order valence-electron chi connectivity index (χ4n) is 3.66. The van der Waals surface area contributed by atoms with Gasteiger partial charge in [0, 0.05) is 16.3 Å². The van der Waals surface area contributed by atoms with Crippen molar-refractivity contribution in [2.24, 2.45) is 5.73 Å². The van der Waals surface area contributed by atoms with E-state index in [0.29, 0.717) is 27.9 Å². The van der Waals surface area contributed by atoms with E-state index in [2.05, 4.69) is 24.0 Å². The Morgan fingerprint density at radius 3 is 2.55 bits per heavy atom. The molecule has 0 aliphatic heterocycles. The molecule has 152 valence electrons. The van der Waals surface area contributed by atoms with E-state index in [4.69, 9.17) is 10.5 Å². The van der Waals surface area contributed by atoms with E-state index in [9.17, 15) is 9.18 Å². The number of H-pyrrole nitrogens is 1. The monoisotopic (exact) mass is 432 g/mol. The summed E-state index contributed by atoms with van der Waals surface area (Å²) < 4.78 is 20.1. The van der Waals surface area contributed by atoms with Crippen molar-refractivity contribution in [1.29, 1.82) is 0 Å². The summed E-state index contributed by atoms with van der Waals surface area (Å²) in [6.45, 7) is 4.57. The number of benzene rings is 2. The first-order valence-corrected chi connectivity index (χ1v) is 9.89. The minimum atomic E-state index is -0.383. The largest absolute Gasteiger partial charge is 0.496 e. The molecule has 0 fully saturated rings. The van der Waals surface area contributed by atoms with Crippen LogP contribution < -0.4 is 16.0 Å². The third-order valence-corrected chi connectivity index (χ3v) is 6.17. The lowest BCUT2D eigenvalue weighted by molar-refractivity contribution is 0.416. The number of aromatic amines is 1. The molecule has 4 nitrogen and oxygen atoms in total. The van der Waals surface area contributed by atoms with Crippen LogP contribution in [0.1, 0.15) is 24.0 Å². The highest BCUT2D eigenvalue weighted by atomic mass is 35.5. The van der Waals surface area contributed by atoms with Gasteiger partial charge in [-0.1, -0.05) is 31.2 Å². The van der Waals surface area contributed by atoms with E-state index in [1.165, 1.54) is 6.07 Å². The average Bonchev–Trinajstić information content (AvgIpc) is 3.10. The highest BCUT2D eigenvalue weighted by molar-refractivity contribution is 7.17. The Kier molecular flexibility index (Phi) is 5.98. The molecular weight excluding hydrogens is 411 g/mol. The number of halogens is 2. The van der Waals surface area contributed by atoms with Crippen LogP contribution in [0, 0.1) is 12.1 Å². The molecule has 3 N–H and O–H groups in total. The van der Waals surface area contributed by atoms with Gasteiger partial charge in [0.05, 0.1) is 12.6 Å². The van der Waals surface area contributed by atoms with E-state index in [0.717, 1.165) is 39.0 Å². The van der Waals surface area contributed by atoms with Crippen molar-refractivity contribution < 1.29 is 9.13 Å². The van der Waals surface area contributed by atoms with Gasteiger partial charge in [-0.05, 0) is 48.2 Å². The van der Waals surface area contributed by atoms with Crippen LogP contribution in [0.2, 0.25) is 0 Å². The molecular formula is C22H22ClFN2O2S. The average molecular weight is 433 g/mol. The van der Waals surface area contributed by atoms with Crippen LogP contribution in [0.15, 0.2) is 41.2 Å². The number of thiophene rings is 1. The highest BCUT2D eigenvalue weighted by Gasteiger charge is 2.19. The summed E-state index contributed by atoms with van der Waals surface area (Å²) in [5.74, 6) is 0.948. The van der Waals surface area contributed by atoms with Crippen LogP contribution in [0.4, 0.5) is 4.39 Å². The van der Waals surface area contributed by atoms with Crippen molar-refractivity contribution in [2.45, 2.75) is 19.8 Å². The summed E-state index contributed by atoms with van der Waals surface area (Å²) in [5.41, 5.74) is 10.0. The molecule has 29 heavy (non-hydrogen) atoms. The number of aryl methyl sites for hydroxylation is 1. The van der Waals surface area contributed by atoms with Crippen molar-refractivity contribution in [3.05, 3.63) is 63.0 Å². The van der Waals surface area contributed by atoms with E-state index >= 15 is 0 Å². The molecule has 2 aromatic heterocycles. The summed E-state index contributed by atoms with van der Waals surface area (Å²) in [6.07, 6.45) is 0. The Bertz CT molecular complexity index is 1250. The zero-order chi connectivity index (χ0) is 20.0. The van der Waals surface area contributed by atoms with Crippen molar-refractivity contribution in [3.63, 3.8) is 0 Å². The summed E-state index contributed by atoms with van der Waals surface area (Å²) >= 11 is 0.861. The molecule has 7 heteroatoms. The number of pyridine rings is 1. The van der Waals surface area contributed by atoms with Gasteiger partial charge < -0.3 is 15.5 Å². The fraction of sp³-hybridized carbons (Fsp3) is 0.227. The van der Waals surface area contributed by atoms with E-state index in [1.54, 1.807) is 7.11 Å². The van der Waals surface area contributed by atoms with Gasteiger partial charge in [0.15, 0.2) is 5.13 Å². The number of nitrogens with one attached hydrogen (secondary N) is 1. The molecule has 0 saturated heterocycles. The molecule has 0 aliphatic rings. The lowest BCUT2D eigenvalue weighted by Gasteiger charge is -2.16. The smallest absolute Gasteiger partial charge is 0.266 e. The number of hydrogen-bond acceptors (Lipinski definition) is 4. The first-order valence-electron chi connectivity index (χ1n) is 9.07. The Labute approximate surface area is 177 Å². The first kappa shape index (κ1) is 21.3. The van der Waals surface area contributed by atoms with Crippen LogP contribution in [0.3, 0.4) is 0 Å². The van der Waals surface area contributed by atoms with Crippen LogP contribution >= 0.6 is 23.7 Å². The second-order valence-corrected chi connectivity index (χ2v) is 8.03. The van der Waals surface area contributed by atoms with Crippen molar-refractivity contribution in [2.75, 3.05) is 13.7 Å². The van der Waals surface area contributed by atoms with Gasteiger partial charge in [-0.2, -0.15) is 4.39 Å². The standard InChI is InChI=1S/C22H21FN2O2S.ClH/c1-11-8-16(27-3)18(14-6-4-13(5-7-14)12(2)10-24)19-15-9-17(23)28-21(15)22(26)25-20(11)19;/h4-9,12H,10,24H2,1-3H3,(H,25,26);1H/t12-;/m0./s1. The van der Waals surface area contributed by atoms with Crippen LogP contribution in [0.25, 0.3) is 32.1 Å². The number of methoxy groups -OCH3 is 1. The van der Waals surface area contributed by atoms with E-state index < -0.39 is 0 Å². The molecule has 2 heterocycles. The van der Waals surface area contributed by atoms with Crippen LogP contribution in [-0.2, 0) is 0 Å². The highest BCUT2D eigenvalue weighted by Crippen LogP contribution is 2.42. The molecule has 0 saturated carbocycles. The third-order valence-electron chi connectivity index (χ3n) is 5.25. The van der Waals surface area contributed by atoms with Crippen LogP contribution in [-0.4, -0.2) is 18.6 Å². The summed E-state index contributed by atoms with van der Waals surface area (Å²) in [6, 6.07) is 11.5. The predicted molar refractivity (Wildman–Crippen MR) is 121 cm³/mol. The maximum atomic E-state index is 14.1. The summed E-state index contributed by atoms with van der Waals surface area (Å²) in [5, 5.41) is 1.02. The quantitative estimate of drug-likeness (QED) is 0.456. The number of rotatable bonds is 4. The first-order chi connectivity index (χ1) is 13.4. The molecule has 0 aliphatic carbocycles. The van der Waals surface area contributed by atoms with Gasteiger partial charge in [0.2, 0.25) is 0 Å². The van der Waals surface area contributed by atoms with Gasteiger partial charge in [-0.3, -0.25) is 4.79 Å². The number of fused-ring (bicyclic) bond motifs is 3. The van der Waals surface area contributed by atoms with Gasteiger partial charge in [0.25, 0.3) is 5.56 Å². The summed E-state index contributed by atoms with van der Waals surface area (Å²) in [4.78, 5) is 15.4. The zero-order valence-electron chi connectivity index (χ0n) is 16.3. The van der Waals surface area contributed by atoms with Gasteiger partial charge >= 0.3 is 0 Å². The maximum Gasteiger partial charge on any atom is 0.266 e. The SMILES string of the molecule is COc1cc(C)c2[nH]c(=O)c3sc(F)cc3c2c1-c1ccc([C@@H](C)CN)cc1.Cl. The van der Waals surface area contributed by atoms with Crippen LogP contribution in [0.5, 0.6) is 5.75 Å². The molecule has 0 amide bonds. The fourth-order valence-corrected chi connectivity index (χ4v) is 4.45. The van der Waals surface area contributed by atoms with Crippen molar-refractivity contribution in [1.82, 2.24) is 4.98 Å². The van der Waals surface area contributed by atoms with Crippen molar-refractivity contribution in [3.8, 4) is 16.9 Å². The molecule has 0 bridgehead atoms. The topological polar surface area (TPSA) is 68.1 Å². The maximum absolute atomic E-state index is 14.1. The summed E-state index contributed by atoms with van der Waals surface area (Å²) in [7, 11) is 1.62. The lowest BCUT2D eigenvalue weighted by atomic mass is 9.93. The number of nitrogens with two attached hydrogens (primary N) is 1. The minimum absolute atomic E-state index is 0. The van der Waals surface area contributed by atoms with Gasteiger partial charge in [0.1, 0.15) is 10.4 Å². The second kappa shape index (κ2) is 8.14. The number of ether oxygens (including phenoxy) is 1. The molecule has 4 rings (SSSR count). The van der Waals surface area contributed by atoms with Gasteiger partial charge in [-0.15, -0.1) is 23.7 Å². The Hall–Kier alpha value is -2.41. The zero-order valence-corrected chi connectivity index (χ0v) is 18.0. The number of hydrogen-bond donors (Lipinski definition) is 2. The Morgan fingerprint density at radius 2 is 1.93 bits per heavy atom. The molecule has 0 radical (unpaired) electrons. The third kappa shape index (κ3) is 3.52. The van der Waals surface area contributed by atoms with E-state index in [-0.39, 0.29) is 29.0 Å². The molecule has 0 spiro atoms. The van der Waals surface area contributed by atoms with E-state index in [1.807, 2.05) is 25.1 Å². The van der Waals surface area contributed by atoms with Crippen molar-refractivity contribution >= 4 is 44.7 Å².